The highest BCUT2D eigenvalue weighted by Crippen LogP contribution is 2.45. The van der Waals surface area contributed by atoms with Crippen molar-refractivity contribution in [2.24, 2.45) is 5.92 Å². The molecule has 17 nitrogen and oxygen atoms in total. The summed E-state index contributed by atoms with van der Waals surface area (Å²) < 4.78 is 68.5. The number of phosphoric acid groups is 2. The molecule has 0 heterocycles. The Kier molecular flexibility index (Phi) is 66.8. The predicted octanol–water partition coefficient (Wildman–Crippen LogP) is 22.1. The number of hydrogen-bond acceptors (Lipinski definition) is 15. The van der Waals surface area contributed by atoms with E-state index in [0.29, 0.717) is 25.7 Å². The van der Waals surface area contributed by atoms with Crippen LogP contribution < -0.4 is 0 Å². The lowest BCUT2D eigenvalue weighted by Crippen LogP contribution is -2.30. The third-order valence-electron chi connectivity index (χ3n) is 17.5. The van der Waals surface area contributed by atoms with E-state index in [1.807, 2.05) is 0 Å². The van der Waals surface area contributed by atoms with Crippen molar-refractivity contribution in [2.75, 3.05) is 39.6 Å². The number of phosphoric ester groups is 2. The van der Waals surface area contributed by atoms with Gasteiger partial charge in [-0.3, -0.25) is 37.3 Å². The van der Waals surface area contributed by atoms with Gasteiger partial charge in [-0.2, -0.15) is 0 Å². The first-order valence-electron chi connectivity index (χ1n) is 39.1. The monoisotopic (exact) mass is 1380 g/mol. The van der Waals surface area contributed by atoms with E-state index < -0.39 is 97.5 Å². The lowest BCUT2D eigenvalue weighted by molar-refractivity contribution is -0.161. The minimum atomic E-state index is -4.96. The number of unbranched alkanes of at least 4 members (excludes halogenated alkanes) is 47. The summed E-state index contributed by atoms with van der Waals surface area (Å²) in [6.07, 6.45) is 56.7. The van der Waals surface area contributed by atoms with Crippen LogP contribution >= 0.6 is 15.6 Å². The standard InChI is InChI=1S/C75H146O17P2/c1-6-9-12-15-18-21-23-25-30-34-39-44-49-54-59-73(78)86-65-71(92-75(80)61-56-51-46-41-36-32-28-27-29-33-38-42-47-52-57-68(4)5)67-90-94(83,84)88-63-69(76)62-87-93(81,82)89-66-70(64-85-72(77)58-53-48-43-37-20-17-14-11-8-3)91-74(79)60-55-50-45-40-35-31-26-24-22-19-16-13-10-7-2/h68-71,76H,6-67H2,1-5H3,(H,81,82)(H,83,84)/t69-,70+,71+/m0/s1. The molecule has 0 spiro atoms. The van der Waals surface area contributed by atoms with E-state index in [1.165, 1.54) is 218 Å². The third kappa shape index (κ3) is 68.6. The van der Waals surface area contributed by atoms with E-state index >= 15 is 0 Å². The molecule has 0 radical (unpaired) electrons. The molecule has 0 rings (SSSR count). The average Bonchev–Trinajstić information content (AvgIpc) is 1.46. The van der Waals surface area contributed by atoms with Crippen LogP contribution in [0.4, 0.5) is 0 Å². The zero-order valence-electron chi connectivity index (χ0n) is 61.1. The molecule has 0 fully saturated rings. The summed E-state index contributed by atoms with van der Waals surface area (Å²) >= 11 is 0. The number of carbonyl (C=O) groups excluding carboxylic acids is 4. The Balaban J connectivity index is 5.23. The summed E-state index contributed by atoms with van der Waals surface area (Å²) in [5, 5.41) is 10.6. The number of esters is 4. The Bertz CT molecular complexity index is 1810. The molecular weight excluding hydrogens is 1230 g/mol. The van der Waals surface area contributed by atoms with Crippen molar-refractivity contribution >= 4 is 39.5 Å². The molecule has 0 aromatic carbocycles. The molecule has 3 N–H and O–H groups in total. The Hall–Kier alpha value is -1.94. The van der Waals surface area contributed by atoms with E-state index in [-0.39, 0.29) is 25.7 Å². The molecule has 2 unspecified atom stereocenters. The molecule has 0 aromatic heterocycles. The van der Waals surface area contributed by atoms with Crippen LogP contribution in [-0.4, -0.2) is 96.7 Å². The van der Waals surface area contributed by atoms with Crippen molar-refractivity contribution in [1.29, 1.82) is 0 Å². The highest BCUT2D eigenvalue weighted by molar-refractivity contribution is 7.47. The zero-order valence-corrected chi connectivity index (χ0v) is 62.9. The third-order valence-corrected chi connectivity index (χ3v) is 19.4. The van der Waals surface area contributed by atoms with Crippen LogP contribution in [0.3, 0.4) is 0 Å². The van der Waals surface area contributed by atoms with Crippen molar-refractivity contribution < 1.29 is 80.2 Å². The SMILES string of the molecule is CCCCCCCCCCCCCCCCC(=O)OC[C@H](COP(=O)(O)OC[C@@H](O)COP(=O)(O)OC[C@@H](COC(=O)CCCCCCCCCCC)OC(=O)CCCCCCCCCCCCCCCC)OC(=O)CCCCCCCCCCCCCCCCC(C)C. The van der Waals surface area contributed by atoms with Gasteiger partial charge in [0.05, 0.1) is 26.4 Å². The minimum Gasteiger partial charge on any atom is -0.462 e. The van der Waals surface area contributed by atoms with E-state index in [9.17, 15) is 43.2 Å². The molecule has 0 saturated heterocycles. The first-order chi connectivity index (χ1) is 45.5. The van der Waals surface area contributed by atoms with Crippen LogP contribution in [0.15, 0.2) is 0 Å². The fraction of sp³-hybridized carbons (Fsp3) is 0.947. The van der Waals surface area contributed by atoms with Gasteiger partial charge in [0, 0.05) is 25.7 Å². The van der Waals surface area contributed by atoms with Crippen LogP contribution in [0.2, 0.25) is 0 Å². The van der Waals surface area contributed by atoms with Gasteiger partial charge in [0.15, 0.2) is 12.2 Å². The summed E-state index contributed by atoms with van der Waals surface area (Å²) in [6, 6.07) is 0. The molecule has 19 heteroatoms. The molecule has 0 saturated carbocycles. The van der Waals surface area contributed by atoms with E-state index in [2.05, 4.69) is 34.6 Å². The van der Waals surface area contributed by atoms with Crippen LogP contribution in [-0.2, 0) is 65.4 Å². The van der Waals surface area contributed by atoms with Crippen LogP contribution in [0, 0.1) is 5.92 Å². The highest BCUT2D eigenvalue weighted by atomic mass is 31.2. The molecular formula is C75H146O17P2. The number of rotatable bonds is 75. The van der Waals surface area contributed by atoms with Gasteiger partial charge in [-0.25, -0.2) is 9.13 Å². The zero-order chi connectivity index (χ0) is 69.1. The lowest BCUT2D eigenvalue weighted by Gasteiger charge is -2.21. The number of aliphatic hydroxyl groups excluding tert-OH is 1. The van der Waals surface area contributed by atoms with Gasteiger partial charge in [-0.1, -0.05) is 343 Å². The van der Waals surface area contributed by atoms with Crippen LogP contribution in [0.5, 0.6) is 0 Å². The number of hydrogen-bond donors (Lipinski definition) is 3. The molecule has 0 aliphatic rings. The van der Waals surface area contributed by atoms with Crippen LogP contribution in [0.1, 0.15) is 394 Å². The number of aliphatic hydroxyl groups is 1. The van der Waals surface area contributed by atoms with Gasteiger partial charge < -0.3 is 33.8 Å². The molecule has 0 aromatic rings. The Labute approximate surface area is 575 Å². The molecule has 94 heavy (non-hydrogen) atoms. The van der Waals surface area contributed by atoms with Crippen molar-refractivity contribution in [3.63, 3.8) is 0 Å². The average molecular weight is 1380 g/mol. The minimum absolute atomic E-state index is 0.108. The van der Waals surface area contributed by atoms with Crippen molar-refractivity contribution in [2.45, 2.75) is 412 Å². The van der Waals surface area contributed by atoms with E-state index in [0.717, 1.165) is 95.8 Å². The van der Waals surface area contributed by atoms with Gasteiger partial charge in [-0.15, -0.1) is 0 Å². The lowest BCUT2D eigenvalue weighted by atomic mass is 10.0. The summed E-state index contributed by atoms with van der Waals surface area (Å²) in [4.78, 5) is 72.7. The second-order valence-electron chi connectivity index (χ2n) is 27.5. The fourth-order valence-electron chi connectivity index (χ4n) is 11.5. The summed E-state index contributed by atoms with van der Waals surface area (Å²) in [5.74, 6) is -1.32. The molecule has 5 atom stereocenters. The van der Waals surface area contributed by atoms with Gasteiger partial charge in [0.2, 0.25) is 0 Å². The van der Waals surface area contributed by atoms with Crippen molar-refractivity contribution in [1.82, 2.24) is 0 Å². The topological polar surface area (TPSA) is 237 Å². The first kappa shape index (κ1) is 92.1. The molecule has 0 bridgehead atoms. The second kappa shape index (κ2) is 68.2. The predicted molar refractivity (Wildman–Crippen MR) is 382 cm³/mol. The Morgan fingerprint density at radius 3 is 0.723 bits per heavy atom. The maximum Gasteiger partial charge on any atom is 0.472 e. The fourth-order valence-corrected chi connectivity index (χ4v) is 13.1. The Morgan fingerprint density at radius 2 is 0.489 bits per heavy atom. The number of ether oxygens (including phenoxy) is 4. The normalized spacial score (nSPS) is 14.0. The van der Waals surface area contributed by atoms with E-state index in [1.54, 1.807) is 0 Å². The second-order valence-corrected chi connectivity index (χ2v) is 30.4. The molecule has 0 amide bonds. The van der Waals surface area contributed by atoms with Gasteiger partial charge >= 0.3 is 39.5 Å². The molecule has 0 aliphatic carbocycles. The highest BCUT2D eigenvalue weighted by Gasteiger charge is 2.30. The molecule has 558 valence electrons. The maximum absolute atomic E-state index is 13.1. The summed E-state index contributed by atoms with van der Waals surface area (Å²) in [6.45, 7) is 7.30. The summed E-state index contributed by atoms with van der Waals surface area (Å²) in [7, 11) is -9.91. The quantitative estimate of drug-likeness (QED) is 0.0222. The van der Waals surface area contributed by atoms with Crippen LogP contribution in [0.25, 0.3) is 0 Å². The largest absolute Gasteiger partial charge is 0.472 e. The summed E-state index contributed by atoms with van der Waals surface area (Å²) in [5.41, 5.74) is 0. The van der Waals surface area contributed by atoms with Gasteiger partial charge in [0.1, 0.15) is 19.3 Å². The van der Waals surface area contributed by atoms with Gasteiger partial charge in [-0.05, 0) is 31.6 Å². The maximum atomic E-state index is 13.1. The van der Waals surface area contributed by atoms with Crippen molar-refractivity contribution in [3.8, 4) is 0 Å². The number of carbonyl (C=O) groups is 4. The Morgan fingerprint density at radius 1 is 0.287 bits per heavy atom. The first-order valence-corrected chi connectivity index (χ1v) is 42.1. The molecule has 0 aliphatic heterocycles. The van der Waals surface area contributed by atoms with E-state index in [4.69, 9.17) is 37.0 Å². The van der Waals surface area contributed by atoms with Gasteiger partial charge in [0.25, 0.3) is 0 Å². The smallest absolute Gasteiger partial charge is 0.462 e. The van der Waals surface area contributed by atoms with Crippen molar-refractivity contribution in [3.05, 3.63) is 0 Å².